The molecule has 23 heavy (non-hydrogen) atoms. The number of aromatic amines is 1. The lowest BCUT2D eigenvalue weighted by Gasteiger charge is -2.10. The maximum Gasteiger partial charge on any atom is 0.264 e. The van der Waals surface area contributed by atoms with E-state index < -0.39 is 12.2 Å². The predicted octanol–water partition coefficient (Wildman–Crippen LogP) is 4.09. The summed E-state index contributed by atoms with van der Waals surface area (Å²) in [5.41, 5.74) is 1.24. The van der Waals surface area contributed by atoms with Crippen LogP contribution in [0.3, 0.4) is 0 Å². The fourth-order valence-electron chi connectivity index (χ4n) is 2.31. The summed E-state index contributed by atoms with van der Waals surface area (Å²) < 4.78 is 39.8. The van der Waals surface area contributed by atoms with Crippen LogP contribution < -0.4 is 0 Å². The fraction of sp³-hybridized carbons (Fsp3) is 0.0625. The van der Waals surface area contributed by atoms with Crippen LogP contribution in [0.25, 0.3) is 22.4 Å². The maximum absolute atomic E-state index is 13.5. The lowest BCUT2D eigenvalue weighted by Crippen LogP contribution is -1.92. The smallest absolute Gasteiger partial charge is 0.247 e. The second kappa shape index (κ2) is 5.93. The molecule has 2 aromatic carbocycles. The Labute approximate surface area is 129 Å². The third-order valence-corrected chi connectivity index (χ3v) is 3.36. The Morgan fingerprint density at radius 3 is 2.61 bits per heavy atom. The minimum atomic E-state index is -2.73. The number of hydrogen-bond acceptors (Lipinski definition) is 3. The van der Waals surface area contributed by atoms with Crippen LogP contribution in [0.4, 0.5) is 13.2 Å². The van der Waals surface area contributed by atoms with Crippen molar-refractivity contribution in [2.45, 2.75) is 6.43 Å². The molecule has 0 fully saturated rings. The Morgan fingerprint density at radius 2 is 1.87 bits per heavy atom. The van der Waals surface area contributed by atoms with Crippen LogP contribution in [-0.2, 0) is 0 Å². The second-order valence-electron chi connectivity index (χ2n) is 4.76. The Kier molecular flexibility index (Phi) is 3.81. The van der Waals surface area contributed by atoms with E-state index in [1.165, 1.54) is 0 Å². The van der Waals surface area contributed by atoms with Gasteiger partial charge in [0.05, 0.1) is 0 Å². The summed E-state index contributed by atoms with van der Waals surface area (Å²) in [5, 5.41) is 18.8. The first-order valence-corrected chi connectivity index (χ1v) is 6.59. The van der Waals surface area contributed by atoms with Gasteiger partial charge in [0.1, 0.15) is 17.6 Å². The predicted molar refractivity (Wildman–Crippen MR) is 76.9 cm³/mol. The number of benzene rings is 2. The average molecular weight is 314 g/mol. The molecule has 1 aromatic heterocycles. The standard InChI is InChI=1S/C16H9F3N4/c17-11-4-5-12(16(18)19)13(7-11)9-2-1-3-10(6-9)15-14(8-20)21-23-22-15/h1-7,16H,(H,21,22,23). The van der Waals surface area contributed by atoms with Gasteiger partial charge in [0.15, 0.2) is 5.69 Å². The van der Waals surface area contributed by atoms with Crippen LogP contribution in [0.2, 0.25) is 0 Å². The van der Waals surface area contributed by atoms with Gasteiger partial charge < -0.3 is 0 Å². The molecule has 0 amide bonds. The van der Waals surface area contributed by atoms with Crippen LogP contribution in [0.1, 0.15) is 17.7 Å². The third-order valence-electron chi connectivity index (χ3n) is 3.36. The molecule has 0 saturated carbocycles. The Balaban J connectivity index is 2.15. The number of nitriles is 1. The molecule has 4 nitrogen and oxygen atoms in total. The topological polar surface area (TPSA) is 65.4 Å². The van der Waals surface area contributed by atoms with Crippen molar-refractivity contribution in [3.05, 3.63) is 59.5 Å². The number of nitrogens with one attached hydrogen (secondary N) is 1. The number of hydrogen-bond donors (Lipinski definition) is 1. The molecule has 0 aliphatic carbocycles. The summed E-state index contributed by atoms with van der Waals surface area (Å²) in [6, 6.07) is 11.5. The zero-order chi connectivity index (χ0) is 16.4. The Morgan fingerprint density at radius 1 is 1.09 bits per heavy atom. The lowest BCUT2D eigenvalue weighted by atomic mass is 9.97. The van der Waals surface area contributed by atoms with Crippen LogP contribution in [0.15, 0.2) is 42.5 Å². The largest absolute Gasteiger partial charge is 0.264 e. The minimum absolute atomic E-state index is 0.101. The fourth-order valence-corrected chi connectivity index (χ4v) is 2.31. The highest BCUT2D eigenvalue weighted by molar-refractivity contribution is 5.75. The summed E-state index contributed by atoms with van der Waals surface area (Å²) in [6.07, 6.45) is -2.73. The molecule has 3 aromatic rings. The molecular formula is C16H9F3N4. The number of rotatable bonds is 3. The van der Waals surface area contributed by atoms with E-state index in [1.807, 2.05) is 6.07 Å². The molecule has 0 radical (unpaired) electrons. The van der Waals surface area contributed by atoms with Gasteiger partial charge in [-0.05, 0) is 35.4 Å². The van der Waals surface area contributed by atoms with Gasteiger partial charge in [-0.3, -0.25) is 0 Å². The van der Waals surface area contributed by atoms with Gasteiger partial charge in [0.25, 0.3) is 6.43 Å². The van der Waals surface area contributed by atoms with Crippen molar-refractivity contribution < 1.29 is 13.2 Å². The number of nitrogens with zero attached hydrogens (tertiary/aromatic N) is 3. The summed E-state index contributed by atoms with van der Waals surface area (Å²) >= 11 is 0. The molecule has 0 atom stereocenters. The Bertz CT molecular complexity index is 896. The van der Waals surface area contributed by atoms with Gasteiger partial charge in [-0.2, -0.15) is 5.26 Å². The summed E-state index contributed by atoms with van der Waals surface area (Å²) in [5.74, 6) is -0.603. The molecule has 0 saturated heterocycles. The first-order valence-electron chi connectivity index (χ1n) is 6.59. The summed E-state index contributed by atoms with van der Waals surface area (Å²) in [7, 11) is 0. The van der Waals surface area contributed by atoms with E-state index in [1.54, 1.807) is 24.3 Å². The van der Waals surface area contributed by atoms with Crippen LogP contribution >= 0.6 is 0 Å². The van der Waals surface area contributed by atoms with Crippen molar-refractivity contribution >= 4 is 0 Å². The SMILES string of the molecule is N#Cc1[nH]nnc1-c1cccc(-c2cc(F)ccc2C(F)F)c1. The lowest BCUT2D eigenvalue weighted by molar-refractivity contribution is 0.152. The highest BCUT2D eigenvalue weighted by Crippen LogP contribution is 2.33. The van der Waals surface area contributed by atoms with Crippen molar-refractivity contribution in [2.24, 2.45) is 0 Å². The van der Waals surface area contributed by atoms with E-state index in [9.17, 15) is 13.2 Å². The molecule has 0 aliphatic rings. The van der Waals surface area contributed by atoms with E-state index in [0.717, 1.165) is 18.2 Å². The van der Waals surface area contributed by atoms with Gasteiger partial charge in [-0.15, -0.1) is 5.10 Å². The van der Waals surface area contributed by atoms with Crippen molar-refractivity contribution in [3.8, 4) is 28.5 Å². The van der Waals surface area contributed by atoms with Gasteiger partial charge in [-0.1, -0.05) is 23.4 Å². The summed E-state index contributed by atoms with van der Waals surface area (Å²) in [6.45, 7) is 0. The number of aromatic nitrogens is 3. The molecule has 0 bridgehead atoms. The minimum Gasteiger partial charge on any atom is -0.247 e. The first kappa shape index (κ1) is 14.8. The molecule has 0 unspecified atom stereocenters. The van der Waals surface area contributed by atoms with Crippen LogP contribution in [0, 0.1) is 17.1 Å². The van der Waals surface area contributed by atoms with E-state index in [4.69, 9.17) is 5.26 Å². The van der Waals surface area contributed by atoms with Crippen LogP contribution in [0.5, 0.6) is 0 Å². The zero-order valence-corrected chi connectivity index (χ0v) is 11.6. The molecule has 114 valence electrons. The van der Waals surface area contributed by atoms with Crippen molar-refractivity contribution in [2.75, 3.05) is 0 Å². The van der Waals surface area contributed by atoms with Crippen LogP contribution in [-0.4, -0.2) is 15.4 Å². The van der Waals surface area contributed by atoms with Crippen molar-refractivity contribution in [3.63, 3.8) is 0 Å². The van der Waals surface area contributed by atoms with Crippen molar-refractivity contribution in [1.29, 1.82) is 5.26 Å². The van der Waals surface area contributed by atoms with E-state index in [-0.39, 0.29) is 16.8 Å². The molecular weight excluding hydrogens is 305 g/mol. The molecule has 0 spiro atoms. The number of alkyl halides is 2. The van der Waals surface area contributed by atoms with Gasteiger partial charge in [-0.25, -0.2) is 18.3 Å². The molecule has 1 heterocycles. The van der Waals surface area contributed by atoms with E-state index in [2.05, 4.69) is 15.4 Å². The number of H-pyrrole nitrogens is 1. The van der Waals surface area contributed by atoms with Crippen molar-refractivity contribution in [1.82, 2.24) is 15.4 Å². The zero-order valence-electron chi connectivity index (χ0n) is 11.6. The second-order valence-corrected chi connectivity index (χ2v) is 4.76. The van der Waals surface area contributed by atoms with Gasteiger partial charge in [0.2, 0.25) is 0 Å². The van der Waals surface area contributed by atoms with Gasteiger partial charge >= 0.3 is 0 Å². The molecule has 0 aliphatic heterocycles. The molecule has 1 N–H and O–H groups in total. The highest BCUT2D eigenvalue weighted by atomic mass is 19.3. The monoisotopic (exact) mass is 314 g/mol. The third kappa shape index (κ3) is 2.79. The molecule has 7 heteroatoms. The van der Waals surface area contributed by atoms with E-state index >= 15 is 0 Å². The first-order chi connectivity index (χ1) is 11.1. The molecule has 3 rings (SSSR count). The maximum atomic E-state index is 13.5. The summed E-state index contributed by atoms with van der Waals surface area (Å²) in [4.78, 5) is 0. The van der Waals surface area contributed by atoms with E-state index in [0.29, 0.717) is 16.8 Å². The average Bonchev–Trinajstić information content (AvgIpc) is 3.03. The number of halogens is 3. The Hall–Kier alpha value is -3.14. The van der Waals surface area contributed by atoms with Gasteiger partial charge in [0, 0.05) is 11.1 Å². The highest BCUT2D eigenvalue weighted by Gasteiger charge is 2.16. The quantitative estimate of drug-likeness (QED) is 0.792. The normalized spacial score (nSPS) is 10.7.